The van der Waals surface area contributed by atoms with Gasteiger partial charge < -0.3 is 5.32 Å². The molecule has 2 atom stereocenters. The molecule has 0 aliphatic carbocycles. The molecule has 0 saturated carbocycles. The van der Waals surface area contributed by atoms with Crippen molar-refractivity contribution in [1.29, 1.82) is 0 Å². The fourth-order valence-corrected chi connectivity index (χ4v) is 2.74. The Labute approximate surface area is 92.6 Å². The van der Waals surface area contributed by atoms with Crippen LogP contribution in [0.3, 0.4) is 0 Å². The van der Waals surface area contributed by atoms with Crippen molar-refractivity contribution < 1.29 is 4.79 Å². The minimum absolute atomic E-state index is 0.122. The number of fused-ring (bicyclic) bond motifs is 1. The molecule has 1 aromatic rings. The number of carbonyl (C=O) groups excluding carboxylic acids is 1. The first-order valence-electron chi connectivity index (χ1n) is 5.63. The number of hydrogen-bond acceptors (Lipinski definition) is 5. The van der Waals surface area contributed by atoms with E-state index in [2.05, 4.69) is 30.8 Å². The number of tetrazole rings is 1. The molecule has 2 unspecified atom stereocenters. The maximum atomic E-state index is 11.7. The predicted molar refractivity (Wildman–Crippen MR) is 54.6 cm³/mol. The average molecular weight is 222 g/mol. The van der Waals surface area contributed by atoms with Crippen LogP contribution in [-0.2, 0) is 0 Å². The zero-order valence-electron chi connectivity index (χ0n) is 8.89. The number of rotatable bonds is 2. The van der Waals surface area contributed by atoms with Crippen LogP contribution in [0.1, 0.15) is 29.9 Å². The van der Waals surface area contributed by atoms with Crippen LogP contribution in [-0.4, -0.2) is 56.6 Å². The second-order valence-corrected chi connectivity index (χ2v) is 4.35. The Bertz CT molecular complexity index is 377. The van der Waals surface area contributed by atoms with Gasteiger partial charge in [-0.05, 0) is 31.0 Å². The second-order valence-electron chi connectivity index (χ2n) is 4.35. The van der Waals surface area contributed by atoms with Gasteiger partial charge in [0.25, 0.3) is 11.7 Å². The number of amides is 1. The van der Waals surface area contributed by atoms with Gasteiger partial charge in [0.15, 0.2) is 0 Å². The van der Waals surface area contributed by atoms with Gasteiger partial charge in [-0.25, -0.2) is 0 Å². The van der Waals surface area contributed by atoms with E-state index in [1.807, 2.05) is 0 Å². The Morgan fingerprint density at radius 1 is 1.44 bits per heavy atom. The first-order valence-corrected chi connectivity index (χ1v) is 5.63. The van der Waals surface area contributed by atoms with E-state index in [1.165, 1.54) is 19.4 Å². The molecule has 2 aliphatic rings. The molecule has 0 spiro atoms. The Morgan fingerprint density at radius 3 is 3.19 bits per heavy atom. The van der Waals surface area contributed by atoms with E-state index < -0.39 is 0 Å². The molecular formula is C9H14N6O. The monoisotopic (exact) mass is 222 g/mol. The van der Waals surface area contributed by atoms with E-state index in [0.29, 0.717) is 6.04 Å². The molecule has 2 saturated heterocycles. The van der Waals surface area contributed by atoms with Gasteiger partial charge in [-0.15, -0.1) is 10.2 Å². The third-order valence-corrected chi connectivity index (χ3v) is 3.47. The predicted octanol–water partition coefficient (Wildman–Crippen LogP) is -0.834. The van der Waals surface area contributed by atoms with E-state index in [-0.39, 0.29) is 17.8 Å². The molecule has 1 aromatic heterocycles. The van der Waals surface area contributed by atoms with Crippen LogP contribution < -0.4 is 5.32 Å². The van der Waals surface area contributed by atoms with Crippen molar-refractivity contribution in [3.05, 3.63) is 5.82 Å². The van der Waals surface area contributed by atoms with Gasteiger partial charge in [0.2, 0.25) is 0 Å². The summed E-state index contributed by atoms with van der Waals surface area (Å²) in [4.78, 5) is 14.2. The average Bonchev–Trinajstić information content (AvgIpc) is 2.94. The zero-order valence-corrected chi connectivity index (χ0v) is 8.89. The van der Waals surface area contributed by atoms with Gasteiger partial charge >= 0.3 is 0 Å². The molecular weight excluding hydrogens is 208 g/mol. The van der Waals surface area contributed by atoms with Crippen molar-refractivity contribution in [2.24, 2.45) is 0 Å². The highest BCUT2D eigenvalue weighted by atomic mass is 16.2. The van der Waals surface area contributed by atoms with E-state index in [1.54, 1.807) is 0 Å². The largest absolute Gasteiger partial charge is 0.345 e. The van der Waals surface area contributed by atoms with E-state index >= 15 is 0 Å². The van der Waals surface area contributed by atoms with Crippen LogP contribution in [0.4, 0.5) is 0 Å². The normalized spacial score (nSPS) is 29.2. The molecule has 7 nitrogen and oxygen atoms in total. The number of nitrogens with one attached hydrogen (secondary N) is 2. The lowest BCUT2D eigenvalue weighted by Crippen LogP contribution is -2.42. The number of carbonyl (C=O) groups is 1. The maximum Gasteiger partial charge on any atom is 0.293 e. The number of aromatic amines is 1. The van der Waals surface area contributed by atoms with Crippen molar-refractivity contribution in [2.75, 3.05) is 13.1 Å². The van der Waals surface area contributed by atoms with Crippen LogP contribution in [0.5, 0.6) is 0 Å². The van der Waals surface area contributed by atoms with Gasteiger partial charge in [0, 0.05) is 18.6 Å². The highest BCUT2D eigenvalue weighted by Gasteiger charge is 2.38. The summed E-state index contributed by atoms with van der Waals surface area (Å²) in [6.45, 7) is 2.25. The standard InChI is InChI=1S/C9H14N6O/c16-9(8-11-13-14-12-8)10-6-3-5-15-4-1-2-7(6)15/h6-7H,1-5H2,(H,10,16)(H,11,12,13,14). The summed E-state index contributed by atoms with van der Waals surface area (Å²) in [5.74, 6) is -0.107. The van der Waals surface area contributed by atoms with Gasteiger partial charge in [-0.3, -0.25) is 9.69 Å². The summed E-state index contributed by atoms with van der Waals surface area (Å²) in [6, 6.07) is 0.754. The molecule has 2 aliphatic heterocycles. The number of hydrogen-bond donors (Lipinski definition) is 2. The van der Waals surface area contributed by atoms with Crippen molar-refractivity contribution in [3.8, 4) is 0 Å². The number of aromatic nitrogens is 4. The van der Waals surface area contributed by atoms with Crippen LogP contribution in [0.2, 0.25) is 0 Å². The topological polar surface area (TPSA) is 86.8 Å². The first kappa shape index (κ1) is 9.71. The van der Waals surface area contributed by atoms with E-state index in [4.69, 9.17) is 0 Å². The summed E-state index contributed by atoms with van der Waals surface area (Å²) in [5, 5.41) is 16.0. The highest BCUT2D eigenvalue weighted by molar-refractivity contribution is 5.90. The molecule has 16 heavy (non-hydrogen) atoms. The Morgan fingerprint density at radius 2 is 2.38 bits per heavy atom. The lowest BCUT2D eigenvalue weighted by Gasteiger charge is -2.20. The first-order chi connectivity index (χ1) is 7.84. The molecule has 0 radical (unpaired) electrons. The lowest BCUT2D eigenvalue weighted by atomic mass is 10.1. The number of H-pyrrole nitrogens is 1. The zero-order chi connectivity index (χ0) is 11.0. The molecule has 0 aromatic carbocycles. The third-order valence-electron chi connectivity index (χ3n) is 3.47. The van der Waals surface area contributed by atoms with E-state index in [0.717, 1.165) is 13.0 Å². The summed E-state index contributed by atoms with van der Waals surface area (Å²) in [7, 11) is 0. The fraction of sp³-hybridized carbons (Fsp3) is 0.778. The second kappa shape index (κ2) is 3.82. The SMILES string of the molecule is O=C(NC1CCN2CCCC12)c1nn[nH]n1. The fourth-order valence-electron chi connectivity index (χ4n) is 2.74. The Kier molecular flexibility index (Phi) is 2.32. The Balaban J connectivity index is 1.65. The lowest BCUT2D eigenvalue weighted by molar-refractivity contribution is 0.0919. The smallest absolute Gasteiger partial charge is 0.293 e. The maximum absolute atomic E-state index is 11.7. The summed E-state index contributed by atoms with van der Waals surface area (Å²) in [6.07, 6.45) is 3.44. The van der Waals surface area contributed by atoms with Crippen LogP contribution >= 0.6 is 0 Å². The molecule has 3 rings (SSSR count). The quantitative estimate of drug-likeness (QED) is 0.681. The molecule has 2 fully saturated rings. The molecule has 3 heterocycles. The van der Waals surface area contributed by atoms with Gasteiger partial charge in [-0.1, -0.05) is 0 Å². The molecule has 86 valence electrons. The summed E-state index contributed by atoms with van der Waals surface area (Å²) < 4.78 is 0. The van der Waals surface area contributed by atoms with Crippen LogP contribution in [0.15, 0.2) is 0 Å². The summed E-state index contributed by atoms with van der Waals surface area (Å²) >= 11 is 0. The van der Waals surface area contributed by atoms with Crippen molar-refractivity contribution in [2.45, 2.75) is 31.3 Å². The van der Waals surface area contributed by atoms with Gasteiger partial charge in [0.1, 0.15) is 0 Å². The molecule has 0 bridgehead atoms. The van der Waals surface area contributed by atoms with Crippen molar-refractivity contribution >= 4 is 5.91 Å². The molecule has 2 N–H and O–H groups in total. The third kappa shape index (κ3) is 1.57. The van der Waals surface area contributed by atoms with Crippen LogP contribution in [0, 0.1) is 0 Å². The molecule has 7 heteroatoms. The van der Waals surface area contributed by atoms with E-state index in [9.17, 15) is 4.79 Å². The van der Waals surface area contributed by atoms with Gasteiger partial charge in [0.05, 0.1) is 0 Å². The molecule has 1 amide bonds. The highest BCUT2D eigenvalue weighted by Crippen LogP contribution is 2.27. The van der Waals surface area contributed by atoms with Gasteiger partial charge in [-0.2, -0.15) is 5.21 Å². The number of nitrogens with zero attached hydrogens (tertiary/aromatic N) is 4. The summed E-state index contributed by atoms with van der Waals surface area (Å²) in [5.41, 5.74) is 0. The van der Waals surface area contributed by atoms with Crippen LogP contribution in [0.25, 0.3) is 0 Å². The minimum Gasteiger partial charge on any atom is -0.345 e. The van der Waals surface area contributed by atoms with Crippen molar-refractivity contribution in [1.82, 2.24) is 30.8 Å². The Hall–Kier alpha value is -1.50. The minimum atomic E-state index is -0.229. The van der Waals surface area contributed by atoms with Crippen molar-refractivity contribution in [3.63, 3.8) is 0 Å².